The second kappa shape index (κ2) is 5.55. The third-order valence-corrected chi connectivity index (χ3v) is 4.09. The largest absolute Gasteiger partial charge is 0.492 e. The number of carbonyl (C=O) groups is 1. The van der Waals surface area contributed by atoms with Gasteiger partial charge < -0.3 is 9.68 Å². The van der Waals surface area contributed by atoms with Crippen LogP contribution in [-0.2, 0) is 16.7 Å². The van der Waals surface area contributed by atoms with Crippen molar-refractivity contribution in [2.75, 3.05) is 0 Å². The number of aryl methyl sites for hydroxylation is 1. The SMILES string of the molecule is Cc1cc(F)c(C(=O)Cc2ccc3c(c2)B(O)OC3(C)C)cn1. The average Bonchev–Trinajstić information content (AvgIpc) is 2.68. The summed E-state index contributed by atoms with van der Waals surface area (Å²) in [5.41, 5.74) is 2.19. The van der Waals surface area contributed by atoms with Crippen LogP contribution in [-0.4, -0.2) is 22.9 Å². The first-order valence-corrected chi connectivity index (χ1v) is 7.42. The molecule has 23 heavy (non-hydrogen) atoms. The molecule has 3 rings (SSSR count). The van der Waals surface area contributed by atoms with E-state index >= 15 is 0 Å². The Morgan fingerprint density at radius 2 is 2.13 bits per heavy atom. The molecule has 1 N–H and O–H groups in total. The van der Waals surface area contributed by atoms with Gasteiger partial charge in [-0.2, -0.15) is 0 Å². The van der Waals surface area contributed by atoms with Crippen molar-refractivity contribution >= 4 is 18.4 Å². The summed E-state index contributed by atoms with van der Waals surface area (Å²) < 4.78 is 19.4. The van der Waals surface area contributed by atoms with E-state index < -0.39 is 18.5 Å². The highest BCUT2D eigenvalue weighted by atomic mass is 19.1. The Kier molecular flexibility index (Phi) is 3.82. The zero-order valence-electron chi connectivity index (χ0n) is 13.3. The van der Waals surface area contributed by atoms with Gasteiger partial charge in [0, 0.05) is 18.3 Å². The highest BCUT2D eigenvalue weighted by Crippen LogP contribution is 2.30. The van der Waals surface area contributed by atoms with Crippen LogP contribution in [0.1, 0.15) is 41.0 Å². The normalized spacial score (nSPS) is 15.6. The Balaban J connectivity index is 1.87. The van der Waals surface area contributed by atoms with Crippen molar-refractivity contribution in [1.82, 2.24) is 4.98 Å². The zero-order chi connectivity index (χ0) is 16.8. The molecule has 6 heteroatoms. The predicted molar refractivity (Wildman–Crippen MR) is 85.1 cm³/mol. The lowest BCUT2D eigenvalue weighted by Gasteiger charge is -2.19. The standard InChI is InChI=1S/C17H17BFNO3/c1-10-6-15(19)12(9-20-10)16(21)8-11-4-5-13-14(7-11)18(22)23-17(13,2)3/h4-7,9,22H,8H2,1-3H3. The average molecular weight is 313 g/mol. The van der Waals surface area contributed by atoms with E-state index in [1.54, 1.807) is 19.1 Å². The van der Waals surface area contributed by atoms with Crippen LogP contribution in [0.4, 0.5) is 4.39 Å². The Hall–Kier alpha value is -2.05. The van der Waals surface area contributed by atoms with Gasteiger partial charge in [0.05, 0.1) is 11.2 Å². The number of aromatic nitrogens is 1. The summed E-state index contributed by atoms with van der Waals surface area (Å²) in [4.78, 5) is 16.3. The minimum Gasteiger partial charge on any atom is -0.423 e. The number of rotatable bonds is 3. The molecule has 118 valence electrons. The molecule has 2 heterocycles. The molecule has 0 saturated heterocycles. The molecule has 4 nitrogen and oxygen atoms in total. The summed E-state index contributed by atoms with van der Waals surface area (Å²) in [6, 6.07) is 6.64. The number of hydrogen-bond donors (Lipinski definition) is 1. The van der Waals surface area contributed by atoms with Crippen LogP contribution in [0.2, 0.25) is 0 Å². The summed E-state index contributed by atoms with van der Waals surface area (Å²) in [7, 11) is -1.01. The lowest BCUT2D eigenvalue weighted by Crippen LogP contribution is -2.29. The lowest BCUT2D eigenvalue weighted by molar-refractivity contribution is 0.0987. The van der Waals surface area contributed by atoms with Gasteiger partial charge in [-0.3, -0.25) is 9.78 Å². The monoisotopic (exact) mass is 313 g/mol. The van der Waals surface area contributed by atoms with Gasteiger partial charge in [-0.05, 0) is 43.4 Å². The van der Waals surface area contributed by atoms with Gasteiger partial charge in [0.25, 0.3) is 0 Å². The first kappa shape index (κ1) is 15.8. The van der Waals surface area contributed by atoms with E-state index in [0.717, 1.165) is 5.56 Å². The van der Waals surface area contributed by atoms with Gasteiger partial charge in [0.15, 0.2) is 5.78 Å². The van der Waals surface area contributed by atoms with Gasteiger partial charge in [-0.1, -0.05) is 18.2 Å². The first-order chi connectivity index (χ1) is 10.8. The zero-order valence-corrected chi connectivity index (χ0v) is 13.3. The maximum atomic E-state index is 13.9. The van der Waals surface area contributed by atoms with E-state index in [2.05, 4.69) is 4.98 Å². The Bertz CT molecular complexity index is 791. The molecule has 0 radical (unpaired) electrons. The van der Waals surface area contributed by atoms with Crippen LogP contribution in [0.5, 0.6) is 0 Å². The lowest BCUT2D eigenvalue weighted by atomic mass is 9.77. The van der Waals surface area contributed by atoms with E-state index in [-0.39, 0.29) is 17.8 Å². The number of nitrogens with zero attached hydrogens (tertiary/aromatic N) is 1. The number of halogens is 1. The maximum Gasteiger partial charge on any atom is 0.492 e. The van der Waals surface area contributed by atoms with Crippen LogP contribution in [0, 0.1) is 12.7 Å². The maximum absolute atomic E-state index is 13.9. The topological polar surface area (TPSA) is 59.4 Å². The van der Waals surface area contributed by atoms with Crippen LogP contribution >= 0.6 is 0 Å². The van der Waals surface area contributed by atoms with E-state index in [4.69, 9.17) is 4.65 Å². The molecule has 1 aliphatic rings. The number of hydrogen-bond acceptors (Lipinski definition) is 4. The van der Waals surface area contributed by atoms with Crippen molar-refractivity contribution in [2.45, 2.75) is 32.8 Å². The van der Waals surface area contributed by atoms with Crippen LogP contribution in [0.3, 0.4) is 0 Å². The summed E-state index contributed by atoms with van der Waals surface area (Å²) in [6.07, 6.45) is 1.31. The molecule has 0 spiro atoms. The number of carbonyl (C=O) groups excluding carboxylic acids is 1. The van der Waals surface area contributed by atoms with E-state index in [9.17, 15) is 14.2 Å². The number of benzene rings is 1. The van der Waals surface area contributed by atoms with E-state index in [1.165, 1.54) is 12.3 Å². The first-order valence-electron chi connectivity index (χ1n) is 7.42. The Labute approximate surface area is 134 Å². The molecule has 1 aliphatic heterocycles. The van der Waals surface area contributed by atoms with Crippen molar-refractivity contribution in [3.63, 3.8) is 0 Å². The van der Waals surface area contributed by atoms with Crippen molar-refractivity contribution in [1.29, 1.82) is 0 Å². The van der Waals surface area contributed by atoms with Crippen molar-refractivity contribution in [3.05, 3.63) is 58.7 Å². The van der Waals surface area contributed by atoms with E-state index in [0.29, 0.717) is 16.7 Å². The summed E-state index contributed by atoms with van der Waals surface area (Å²) in [5.74, 6) is -0.907. The number of fused-ring (bicyclic) bond motifs is 1. The quantitative estimate of drug-likeness (QED) is 0.695. The van der Waals surface area contributed by atoms with Crippen molar-refractivity contribution in [2.24, 2.45) is 0 Å². The molecule has 1 aromatic carbocycles. The molecule has 0 aliphatic carbocycles. The molecular formula is C17H17BFNO3. The fourth-order valence-corrected chi connectivity index (χ4v) is 2.89. The molecule has 0 atom stereocenters. The summed E-state index contributed by atoms with van der Waals surface area (Å²) in [6.45, 7) is 5.42. The van der Waals surface area contributed by atoms with Crippen LogP contribution in [0.25, 0.3) is 0 Å². The molecule has 1 aromatic heterocycles. The highest BCUT2D eigenvalue weighted by Gasteiger charge is 2.40. The fourth-order valence-electron chi connectivity index (χ4n) is 2.89. The van der Waals surface area contributed by atoms with Gasteiger partial charge in [-0.25, -0.2) is 4.39 Å². The van der Waals surface area contributed by atoms with Gasteiger partial charge in [0.2, 0.25) is 0 Å². The van der Waals surface area contributed by atoms with Crippen LogP contribution < -0.4 is 5.46 Å². The van der Waals surface area contributed by atoms with Crippen molar-refractivity contribution in [3.8, 4) is 0 Å². The summed E-state index contributed by atoms with van der Waals surface area (Å²) in [5, 5.41) is 9.99. The fraction of sp³-hybridized carbons (Fsp3) is 0.294. The van der Waals surface area contributed by atoms with Gasteiger partial charge in [-0.15, -0.1) is 0 Å². The molecule has 0 fully saturated rings. The molecule has 0 bridgehead atoms. The third-order valence-electron chi connectivity index (χ3n) is 4.09. The second-order valence-corrected chi connectivity index (χ2v) is 6.31. The number of pyridine rings is 1. The second-order valence-electron chi connectivity index (χ2n) is 6.31. The molecular weight excluding hydrogens is 296 g/mol. The number of ketones is 1. The predicted octanol–water partition coefficient (Wildman–Crippen LogP) is 1.91. The summed E-state index contributed by atoms with van der Waals surface area (Å²) >= 11 is 0. The minimum atomic E-state index is -1.01. The van der Waals surface area contributed by atoms with E-state index in [1.807, 2.05) is 19.9 Å². The molecule has 0 saturated carbocycles. The van der Waals surface area contributed by atoms with Gasteiger partial charge in [0.1, 0.15) is 5.82 Å². The Morgan fingerprint density at radius 1 is 1.39 bits per heavy atom. The smallest absolute Gasteiger partial charge is 0.423 e. The Morgan fingerprint density at radius 3 is 2.83 bits per heavy atom. The molecule has 0 unspecified atom stereocenters. The van der Waals surface area contributed by atoms with Gasteiger partial charge >= 0.3 is 7.12 Å². The van der Waals surface area contributed by atoms with Crippen LogP contribution in [0.15, 0.2) is 30.5 Å². The molecule has 2 aromatic rings. The minimum absolute atomic E-state index is 0.0202. The third kappa shape index (κ3) is 2.92. The molecule has 0 amide bonds. The number of Topliss-reactive ketones (excluding diaryl/α,β-unsaturated/α-hetero) is 1. The highest BCUT2D eigenvalue weighted by molar-refractivity contribution is 6.62. The van der Waals surface area contributed by atoms with Crippen molar-refractivity contribution < 1.29 is 18.9 Å².